The second kappa shape index (κ2) is 3.35. The zero-order valence-electron chi connectivity index (χ0n) is 9.07. The Labute approximate surface area is 96.0 Å². The standard InChI is InChI=1S/C12H9NO4/c1-16-8-4-2-3-6-10(8)13-12-9(11(6)15)7(14)5-17-12/h2-4H,5H2,1H3,(H,13,15). The van der Waals surface area contributed by atoms with Gasteiger partial charge in [-0.1, -0.05) is 6.07 Å². The van der Waals surface area contributed by atoms with Crippen molar-refractivity contribution in [2.75, 3.05) is 13.7 Å². The highest BCUT2D eigenvalue weighted by molar-refractivity contribution is 6.04. The maximum atomic E-state index is 12.1. The number of H-pyrrole nitrogens is 1. The second-order valence-electron chi connectivity index (χ2n) is 3.75. The fourth-order valence-corrected chi connectivity index (χ4v) is 2.00. The monoisotopic (exact) mass is 231 g/mol. The molecule has 1 aromatic heterocycles. The quantitative estimate of drug-likeness (QED) is 0.798. The lowest BCUT2D eigenvalue weighted by Crippen LogP contribution is -2.13. The summed E-state index contributed by atoms with van der Waals surface area (Å²) in [7, 11) is 1.52. The number of methoxy groups -OCH3 is 1. The van der Waals surface area contributed by atoms with Crippen LogP contribution in [0.15, 0.2) is 23.0 Å². The van der Waals surface area contributed by atoms with Gasteiger partial charge in [0.05, 0.1) is 18.0 Å². The largest absolute Gasteiger partial charge is 0.495 e. The fraction of sp³-hybridized carbons (Fsp3) is 0.167. The van der Waals surface area contributed by atoms with Crippen molar-refractivity contribution < 1.29 is 14.3 Å². The van der Waals surface area contributed by atoms with Gasteiger partial charge in [-0.15, -0.1) is 0 Å². The average molecular weight is 231 g/mol. The minimum atomic E-state index is -0.310. The van der Waals surface area contributed by atoms with Gasteiger partial charge in [-0.25, -0.2) is 0 Å². The van der Waals surface area contributed by atoms with Gasteiger partial charge in [-0.2, -0.15) is 0 Å². The molecule has 1 N–H and O–H groups in total. The molecule has 0 bridgehead atoms. The van der Waals surface area contributed by atoms with Gasteiger partial charge in [0.1, 0.15) is 11.3 Å². The van der Waals surface area contributed by atoms with Gasteiger partial charge >= 0.3 is 0 Å². The number of carbonyl (C=O) groups is 1. The highest BCUT2D eigenvalue weighted by atomic mass is 16.5. The van der Waals surface area contributed by atoms with Gasteiger partial charge in [0.15, 0.2) is 6.61 Å². The van der Waals surface area contributed by atoms with Crippen molar-refractivity contribution in [2.24, 2.45) is 0 Å². The number of rotatable bonds is 1. The Balaban J connectivity index is 2.48. The first-order valence-corrected chi connectivity index (χ1v) is 5.11. The van der Waals surface area contributed by atoms with E-state index in [1.165, 1.54) is 7.11 Å². The number of para-hydroxylation sites is 1. The number of hydrogen-bond donors (Lipinski definition) is 1. The highest BCUT2D eigenvalue weighted by Gasteiger charge is 2.27. The Bertz CT molecular complexity index is 687. The van der Waals surface area contributed by atoms with E-state index >= 15 is 0 Å². The summed E-state index contributed by atoms with van der Waals surface area (Å²) in [5, 5.41) is 0.432. The number of pyridine rings is 1. The molecule has 0 radical (unpaired) electrons. The van der Waals surface area contributed by atoms with E-state index in [1.807, 2.05) is 0 Å². The molecule has 5 heteroatoms. The zero-order chi connectivity index (χ0) is 12.0. The first-order chi connectivity index (χ1) is 8.22. The van der Waals surface area contributed by atoms with Crippen molar-refractivity contribution in [2.45, 2.75) is 0 Å². The Morgan fingerprint density at radius 2 is 2.18 bits per heavy atom. The van der Waals surface area contributed by atoms with Crippen molar-refractivity contribution in [1.29, 1.82) is 0 Å². The topological polar surface area (TPSA) is 68.4 Å². The summed E-state index contributed by atoms with van der Waals surface area (Å²) in [6.07, 6.45) is 0. The number of aromatic nitrogens is 1. The van der Waals surface area contributed by atoms with Crippen LogP contribution in [0.1, 0.15) is 10.4 Å². The number of ether oxygens (including phenoxy) is 2. The fourth-order valence-electron chi connectivity index (χ4n) is 2.00. The number of hydrogen-bond acceptors (Lipinski definition) is 4. The summed E-state index contributed by atoms with van der Waals surface area (Å²) in [6.45, 7) is -0.0836. The number of ketones is 1. The van der Waals surface area contributed by atoms with Gasteiger partial charge in [0.25, 0.3) is 0 Å². The lowest BCUT2D eigenvalue weighted by Gasteiger charge is -2.06. The lowest BCUT2D eigenvalue weighted by atomic mass is 10.1. The highest BCUT2D eigenvalue weighted by Crippen LogP contribution is 2.27. The van der Waals surface area contributed by atoms with Crippen LogP contribution in [0.3, 0.4) is 0 Å². The minimum absolute atomic E-state index is 0.0836. The van der Waals surface area contributed by atoms with E-state index in [9.17, 15) is 9.59 Å². The van der Waals surface area contributed by atoms with E-state index in [1.54, 1.807) is 18.2 Å². The van der Waals surface area contributed by atoms with E-state index in [0.29, 0.717) is 16.7 Å². The molecule has 1 aliphatic heterocycles. The normalized spacial score (nSPS) is 13.6. The van der Waals surface area contributed by atoms with Crippen LogP contribution in [0.2, 0.25) is 0 Å². The third-order valence-electron chi connectivity index (χ3n) is 2.81. The van der Waals surface area contributed by atoms with E-state index in [-0.39, 0.29) is 29.3 Å². The summed E-state index contributed by atoms with van der Waals surface area (Å²) in [5.41, 5.74) is 0.342. The number of benzene rings is 1. The molecule has 0 fully saturated rings. The van der Waals surface area contributed by atoms with Crippen molar-refractivity contribution >= 4 is 16.7 Å². The number of nitrogens with one attached hydrogen (secondary N) is 1. The van der Waals surface area contributed by atoms with Crippen LogP contribution in [-0.2, 0) is 0 Å². The molecule has 1 aliphatic rings. The number of carbonyl (C=O) groups excluding carboxylic acids is 1. The van der Waals surface area contributed by atoms with Crippen LogP contribution < -0.4 is 14.9 Å². The lowest BCUT2D eigenvalue weighted by molar-refractivity contribution is 0.0959. The summed E-state index contributed by atoms with van der Waals surface area (Å²) >= 11 is 0. The van der Waals surface area contributed by atoms with Gasteiger partial charge in [-0.05, 0) is 12.1 Å². The molecular formula is C12H9NO4. The first kappa shape index (κ1) is 9.89. The molecule has 5 nitrogen and oxygen atoms in total. The molecule has 1 aromatic carbocycles. The Kier molecular flexibility index (Phi) is 1.95. The SMILES string of the molecule is COc1cccc2c(=O)c3c([nH]c12)OCC3=O. The molecule has 0 saturated carbocycles. The van der Waals surface area contributed by atoms with E-state index in [0.717, 1.165) is 0 Å². The van der Waals surface area contributed by atoms with Gasteiger partial charge < -0.3 is 14.5 Å². The molecular weight excluding hydrogens is 222 g/mol. The van der Waals surface area contributed by atoms with Crippen LogP contribution in [0.5, 0.6) is 11.6 Å². The Hall–Kier alpha value is -2.30. The average Bonchev–Trinajstić information content (AvgIpc) is 2.71. The maximum absolute atomic E-state index is 12.1. The molecule has 0 saturated heterocycles. The maximum Gasteiger partial charge on any atom is 0.209 e. The number of fused-ring (bicyclic) bond motifs is 2. The summed E-state index contributed by atoms with van der Waals surface area (Å²) < 4.78 is 10.3. The minimum Gasteiger partial charge on any atom is -0.495 e. The summed E-state index contributed by atoms with van der Waals surface area (Å²) in [5.74, 6) is 0.494. The Morgan fingerprint density at radius 3 is 2.94 bits per heavy atom. The zero-order valence-corrected chi connectivity index (χ0v) is 9.07. The molecule has 86 valence electrons. The summed E-state index contributed by atoms with van der Waals surface area (Å²) in [6, 6.07) is 5.10. The van der Waals surface area contributed by atoms with Crippen LogP contribution in [0.25, 0.3) is 10.9 Å². The third kappa shape index (κ3) is 1.25. The Morgan fingerprint density at radius 1 is 1.35 bits per heavy atom. The molecule has 0 atom stereocenters. The first-order valence-electron chi connectivity index (χ1n) is 5.11. The summed E-state index contributed by atoms with van der Waals surface area (Å²) in [4.78, 5) is 26.6. The van der Waals surface area contributed by atoms with Crippen LogP contribution in [-0.4, -0.2) is 24.5 Å². The van der Waals surface area contributed by atoms with Crippen molar-refractivity contribution in [1.82, 2.24) is 4.98 Å². The predicted molar refractivity (Wildman–Crippen MR) is 60.9 cm³/mol. The molecule has 2 aromatic rings. The predicted octanol–water partition coefficient (Wildman–Crippen LogP) is 1.11. The van der Waals surface area contributed by atoms with Crippen molar-refractivity contribution in [3.63, 3.8) is 0 Å². The van der Waals surface area contributed by atoms with E-state index in [2.05, 4.69) is 4.98 Å². The molecule has 0 aliphatic carbocycles. The van der Waals surface area contributed by atoms with Crippen molar-refractivity contribution in [3.05, 3.63) is 34.0 Å². The second-order valence-corrected chi connectivity index (χ2v) is 3.75. The van der Waals surface area contributed by atoms with Crippen molar-refractivity contribution in [3.8, 4) is 11.6 Å². The molecule has 0 unspecified atom stereocenters. The molecule has 2 heterocycles. The molecule has 0 amide bonds. The van der Waals surface area contributed by atoms with Crippen LogP contribution in [0, 0.1) is 0 Å². The van der Waals surface area contributed by atoms with E-state index in [4.69, 9.17) is 9.47 Å². The van der Waals surface area contributed by atoms with Gasteiger partial charge in [-0.3, -0.25) is 9.59 Å². The van der Waals surface area contributed by atoms with E-state index < -0.39 is 0 Å². The number of aromatic amines is 1. The molecule has 0 spiro atoms. The van der Waals surface area contributed by atoms with Gasteiger partial charge in [0.2, 0.25) is 17.1 Å². The molecule has 3 rings (SSSR count). The van der Waals surface area contributed by atoms with Crippen LogP contribution in [0.4, 0.5) is 0 Å². The van der Waals surface area contributed by atoms with Gasteiger partial charge in [0, 0.05) is 0 Å². The number of Topliss-reactive ketones (excluding diaryl/α,β-unsaturated/α-hetero) is 1. The van der Waals surface area contributed by atoms with Crippen LogP contribution >= 0.6 is 0 Å². The molecule has 17 heavy (non-hydrogen) atoms. The smallest absolute Gasteiger partial charge is 0.209 e. The third-order valence-corrected chi connectivity index (χ3v) is 2.81.